The standard InChI is InChI=1S/C12H21N3S/c1-9-11(5-2-6-13)15-12(14-9)10-4-3-7-16-8-10/h10H,2-8,13H2,1H3,(H,14,15). The number of nitrogens with zero attached hydrogens (tertiary/aromatic N) is 1. The lowest BCUT2D eigenvalue weighted by Gasteiger charge is -2.18. The van der Waals surface area contributed by atoms with Gasteiger partial charge in [-0.05, 0) is 44.9 Å². The van der Waals surface area contributed by atoms with E-state index in [-0.39, 0.29) is 0 Å². The first-order chi connectivity index (χ1) is 7.81. The van der Waals surface area contributed by atoms with Gasteiger partial charge in [0.1, 0.15) is 5.82 Å². The van der Waals surface area contributed by atoms with Gasteiger partial charge in [0.15, 0.2) is 0 Å². The van der Waals surface area contributed by atoms with Gasteiger partial charge in [-0.25, -0.2) is 4.98 Å². The first-order valence-electron chi connectivity index (χ1n) is 6.14. The number of rotatable bonds is 4. The number of hydrogen-bond acceptors (Lipinski definition) is 3. The summed E-state index contributed by atoms with van der Waals surface area (Å²) in [6.07, 6.45) is 4.66. The molecule has 0 aliphatic carbocycles. The zero-order chi connectivity index (χ0) is 11.4. The second-order valence-electron chi connectivity index (χ2n) is 4.50. The van der Waals surface area contributed by atoms with Crippen molar-refractivity contribution in [3.8, 4) is 0 Å². The molecule has 1 unspecified atom stereocenters. The molecule has 1 fully saturated rings. The lowest BCUT2D eigenvalue weighted by molar-refractivity contribution is 0.627. The van der Waals surface area contributed by atoms with E-state index in [2.05, 4.69) is 23.7 Å². The average Bonchev–Trinajstić information content (AvgIpc) is 2.69. The van der Waals surface area contributed by atoms with Crippen molar-refractivity contribution in [1.29, 1.82) is 0 Å². The third-order valence-corrected chi connectivity index (χ3v) is 4.38. The largest absolute Gasteiger partial charge is 0.346 e. The Kier molecular flexibility index (Phi) is 4.29. The highest BCUT2D eigenvalue weighted by Gasteiger charge is 2.19. The second-order valence-corrected chi connectivity index (χ2v) is 5.65. The molecule has 16 heavy (non-hydrogen) atoms. The summed E-state index contributed by atoms with van der Waals surface area (Å²) in [6, 6.07) is 0. The molecular formula is C12H21N3S. The van der Waals surface area contributed by atoms with Gasteiger partial charge in [0.25, 0.3) is 0 Å². The minimum atomic E-state index is 0.643. The maximum absolute atomic E-state index is 5.53. The molecule has 1 saturated heterocycles. The van der Waals surface area contributed by atoms with Crippen LogP contribution in [0.4, 0.5) is 0 Å². The lowest BCUT2D eigenvalue weighted by Crippen LogP contribution is -2.10. The van der Waals surface area contributed by atoms with Crippen LogP contribution in [-0.2, 0) is 6.42 Å². The van der Waals surface area contributed by atoms with Crippen molar-refractivity contribution in [1.82, 2.24) is 9.97 Å². The molecule has 0 aromatic carbocycles. The minimum Gasteiger partial charge on any atom is -0.346 e. The zero-order valence-electron chi connectivity index (χ0n) is 9.96. The van der Waals surface area contributed by atoms with E-state index in [1.807, 2.05) is 0 Å². The quantitative estimate of drug-likeness (QED) is 0.847. The van der Waals surface area contributed by atoms with E-state index >= 15 is 0 Å². The van der Waals surface area contributed by atoms with Crippen LogP contribution in [0.3, 0.4) is 0 Å². The third kappa shape index (κ3) is 2.80. The minimum absolute atomic E-state index is 0.643. The predicted molar refractivity (Wildman–Crippen MR) is 70.0 cm³/mol. The highest BCUT2D eigenvalue weighted by Crippen LogP contribution is 2.30. The predicted octanol–water partition coefficient (Wildman–Crippen LogP) is 2.22. The molecule has 0 radical (unpaired) electrons. The molecule has 1 aliphatic heterocycles. The second kappa shape index (κ2) is 5.73. The van der Waals surface area contributed by atoms with Crippen molar-refractivity contribution < 1.29 is 0 Å². The number of aryl methyl sites for hydroxylation is 2. The number of nitrogens with one attached hydrogen (secondary N) is 1. The molecule has 0 bridgehead atoms. The van der Waals surface area contributed by atoms with Gasteiger partial charge in [-0.1, -0.05) is 0 Å². The van der Waals surface area contributed by atoms with Gasteiger partial charge >= 0.3 is 0 Å². The number of nitrogens with two attached hydrogens (primary N) is 1. The summed E-state index contributed by atoms with van der Waals surface area (Å²) in [6.45, 7) is 2.87. The first-order valence-corrected chi connectivity index (χ1v) is 7.30. The van der Waals surface area contributed by atoms with Gasteiger partial charge in [0, 0.05) is 17.4 Å². The number of thioether (sulfide) groups is 1. The van der Waals surface area contributed by atoms with Gasteiger partial charge in [-0.3, -0.25) is 0 Å². The summed E-state index contributed by atoms with van der Waals surface area (Å²) < 4.78 is 0. The van der Waals surface area contributed by atoms with E-state index in [1.54, 1.807) is 0 Å². The van der Waals surface area contributed by atoms with Gasteiger partial charge in [-0.2, -0.15) is 11.8 Å². The molecule has 0 amide bonds. The summed E-state index contributed by atoms with van der Waals surface area (Å²) in [4.78, 5) is 8.20. The summed E-state index contributed by atoms with van der Waals surface area (Å²) in [7, 11) is 0. The van der Waals surface area contributed by atoms with Crippen molar-refractivity contribution in [3.63, 3.8) is 0 Å². The van der Waals surface area contributed by atoms with Crippen LogP contribution in [0, 0.1) is 6.92 Å². The van der Waals surface area contributed by atoms with Crippen LogP contribution in [-0.4, -0.2) is 28.0 Å². The summed E-state index contributed by atoms with van der Waals surface area (Å²) in [5, 5.41) is 0. The SMILES string of the molecule is Cc1[nH]c(C2CCCSC2)nc1CCCN. The molecule has 90 valence electrons. The molecule has 4 heteroatoms. The number of aromatic amines is 1. The number of H-pyrrole nitrogens is 1. The highest BCUT2D eigenvalue weighted by molar-refractivity contribution is 7.99. The molecular weight excluding hydrogens is 218 g/mol. The van der Waals surface area contributed by atoms with Gasteiger partial charge in [0.05, 0.1) is 5.69 Å². The fourth-order valence-corrected chi connectivity index (χ4v) is 3.33. The average molecular weight is 239 g/mol. The van der Waals surface area contributed by atoms with Crippen LogP contribution in [0.25, 0.3) is 0 Å². The number of hydrogen-bond donors (Lipinski definition) is 2. The van der Waals surface area contributed by atoms with Crippen molar-refractivity contribution in [2.75, 3.05) is 18.1 Å². The van der Waals surface area contributed by atoms with Crippen molar-refractivity contribution in [3.05, 3.63) is 17.2 Å². The van der Waals surface area contributed by atoms with Crippen LogP contribution < -0.4 is 5.73 Å². The summed E-state index contributed by atoms with van der Waals surface area (Å²) >= 11 is 2.05. The van der Waals surface area contributed by atoms with Gasteiger partial charge < -0.3 is 10.7 Å². The monoisotopic (exact) mass is 239 g/mol. The first kappa shape index (κ1) is 12.0. The Balaban J connectivity index is 2.03. The molecule has 3 nitrogen and oxygen atoms in total. The van der Waals surface area contributed by atoms with Gasteiger partial charge in [0.2, 0.25) is 0 Å². The Morgan fingerprint density at radius 1 is 1.56 bits per heavy atom. The number of imidazole rings is 1. The molecule has 0 saturated carbocycles. The van der Waals surface area contributed by atoms with Crippen LogP contribution in [0.15, 0.2) is 0 Å². The smallest absolute Gasteiger partial charge is 0.110 e. The van der Waals surface area contributed by atoms with Crippen LogP contribution in [0.1, 0.15) is 42.4 Å². The Labute approximate surface area is 102 Å². The maximum atomic E-state index is 5.53. The van der Waals surface area contributed by atoms with E-state index in [1.165, 1.54) is 41.6 Å². The Hall–Kier alpha value is -0.480. The molecule has 2 heterocycles. The fraction of sp³-hybridized carbons (Fsp3) is 0.750. The van der Waals surface area contributed by atoms with Crippen molar-refractivity contribution >= 4 is 11.8 Å². The van der Waals surface area contributed by atoms with Crippen molar-refractivity contribution in [2.45, 2.75) is 38.5 Å². The molecule has 1 atom stereocenters. The van der Waals surface area contributed by atoms with Crippen LogP contribution in [0.2, 0.25) is 0 Å². The van der Waals surface area contributed by atoms with Gasteiger partial charge in [-0.15, -0.1) is 0 Å². The molecule has 2 rings (SSSR count). The van der Waals surface area contributed by atoms with E-state index in [0.717, 1.165) is 19.4 Å². The van der Waals surface area contributed by atoms with E-state index < -0.39 is 0 Å². The van der Waals surface area contributed by atoms with E-state index in [0.29, 0.717) is 5.92 Å². The zero-order valence-corrected chi connectivity index (χ0v) is 10.8. The number of aromatic nitrogens is 2. The normalized spacial score (nSPS) is 21.2. The fourth-order valence-electron chi connectivity index (χ4n) is 2.18. The molecule has 1 aromatic heterocycles. The van der Waals surface area contributed by atoms with E-state index in [9.17, 15) is 0 Å². The molecule has 1 aliphatic rings. The van der Waals surface area contributed by atoms with E-state index in [4.69, 9.17) is 10.7 Å². The maximum Gasteiger partial charge on any atom is 0.110 e. The lowest BCUT2D eigenvalue weighted by atomic mass is 10.1. The van der Waals surface area contributed by atoms with Crippen molar-refractivity contribution in [2.24, 2.45) is 5.73 Å². The third-order valence-electron chi connectivity index (χ3n) is 3.17. The Morgan fingerprint density at radius 2 is 2.44 bits per heavy atom. The van der Waals surface area contributed by atoms with Crippen LogP contribution >= 0.6 is 11.8 Å². The highest BCUT2D eigenvalue weighted by atomic mass is 32.2. The van der Waals surface area contributed by atoms with Crippen LogP contribution in [0.5, 0.6) is 0 Å². The Bertz CT molecular complexity index is 329. The molecule has 0 spiro atoms. The molecule has 3 N–H and O–H groups in total. The topological polar surface area (TPSA) is 54.7 Å². The Morgan fingerprint density at radius 3 is 3.12 bits per heavy atom. The summed E-state index contributed by atoms with van der Waals surface area (Å²) in [5.74, 6) is 4.39. The summed E-state index contributed by atoms with van der Waals surface area (Å²) in [5.41, 5.74) is 7.99. The molecule has 1 aromatic rings.